The van der Waals surface area contributed by atoms with Gasteiger partial charge in [0.15, 0.2) is 0 Å². The van der Waals surface area contributed by atoms with Crippen LogP contribution in [0.2, 0.25) is 0 Å². The average molecular weight is 306 g/mol. The molecule has 120 valence electrons. The summed E-state index contributed by atoms with van der Waals surface area (Å²) in [5.41, 5.74) is 6.87. The fourth-order valence-electron chi connectivity index (χ4n) is 3.42. The van der Waals surface area contributed by atoms with E-state index in [4.69, 9.17) is 15.2 Å². The van der Waals surface area contributed by atoms with Gasteiger partial charge in [-0.3, -0.25) is 0 Å². The molecule has 0 unspecified atom stereocenters. The van der Waals surface area contributed by atoms with E-state index in [-0.39, 0.29) is 18.0 Å². The number of benzene rings is 1. The van der Waals surface area contributed by atoms with Crippen molar-refractivity contribution >= 4 is 6.02 Å². The summed E-state index contributed by atoms with van der Waals surface area (Å²) in [7, 11) is 0. The van der Waals surface area contributed by atoms with Gasteiger partial charge in [0.05, 0.1) is 19.1 Å². The number of halogens is 1. The average Bonchev–Trinajstić information content (AvgIpc) is 2.54. The molecule has 5 heteroatoms. The molecular formula is C17H23FN2O2. The molecule has 3 atom stereocenters. The SMILES string of the molecule is CC(C)c1cccc([C@@]2(CF)N=C(N)O[C@@H]3CCOC[C@@H]32)c1. The van der Waals surface area contributed by atoms with E-state index in [0.29, 0.717) is 25.6 Å². The van der Waals surface area contributed by atoms with Gasteiger partial charge in [0.1, 0.15) is 18.3 Å². The van der Waals surface area contributed by atoms with E-state index in [9.17, 15) is 4.39 Å². The Morgan fingerprint density at radius 3 is 3.00 bits per heavy atom. The van der Waals surface area contributed by atoms with Gasteiger partial charge in [-0.15, -0.1) is 0 Å². The Balaban J connectivity index is 2.09. The second-order valence-electron chi connectivity index (χ2n) is 6.41. The number of alkyl halides is 1. The predicted octanol–water partition coefficient (Wildman–Crippen LogP) is 2.72. The monoisotopic (exact) mass is 306 g/mol. The van der Waals surface area contributed by atoms with Crippen molar-refractivity contribution in [1.29, 1.82) is 0 Å². The smallest absolute Gasteiger partial charge is 0.283 e. The Labute approximate surface area is 130 Å². The lowest BCUT2D eigenvalue weighted by Gasteiger charge is -2.45. The minimum atomic E-state index is -1.00. The highest BCUT2D eigenvalue weighted by Crippen LogP contribution is 2.43. The van der Waals surface area contributed by atoms with Crippen LogP contribution in [0.4, 0.5) is 4.39 Å². The van der Waals surface area contributed by atoms with Crippen LogP contribution in [0.15, 0.2) is 29.3 Å². The Kier molecular flexibility index (Phi) is 4.08. The third kappa shape index (κ3) is 2.47. The summed E-state index contributed by atoms with van der Waals surface area (Å²) in [5.74, 6) is 0.220. The third-order valence-electron chi connectivity index (χ3n) is 4.75. The van der Waals surface area contributed by atoms with Crippen LogP contribution in [0.5, 0.6) is 0 Å². The Morgan fingerprint density at radius 1 is 1.45 bits per heavy atom. The highest BCUT2D eigenvalue weighted by Gasteiger charge is 2.50. The topological polar surface area (TPSA) is 56.8 Å². The number of hydrogen-bond donors (Lipinski definition) is 1. The molecule has 4 nitrogen and oxygen atoms in total. The summed E-state index contributed by atoms with van der Waals surface area (Å²) < 4.78 is 25.4. The molecule has 0 amide bonds. The van der Waals surface area contributed by atoms with Gasteiger partial charge in [-0.25, -0.2) is 9.38 Å². The van der Waals surface area contributed by atoms with Crippen LogP contribution in [0.25, 0.3) is 0 Å². The largest absolute Gasteiger partial charge is 0.462 e. The number of rotatable bonds is 3. The molecule has 2 heterocycles. The summed E-state index contributed by atoms with van der Waals surface area (Å²) in [6, 6.07) is 8.07. The normalized spacial score (nSPS) is 31.4. The molecule has 1 fully saturated rings. The van der Waals surface area contributed by atoms with Crippen molar-refractivity contribution in [2.45, 2.75) is 37.8 Å². The van der Waals surface area contributed by atoms with Crippen LogP contribution < -0.4 is 5.73 Å². The number of nitrogens with two attached hydrogens (primary N) is 1. The quantitative estimate of drug-likeness (QED) is 0.934. The Morgan fingerprint density at radius 2 is 2.27 bits per heavy atom. The van der Waals surface area contributed by atoms with Crippen molar-refractivity contribution in [1.82, 2.24) is 0 Å². The lowest BCUT2D eigenvalue weighted by Crippen LogP contribution is -2.54. The maximum atomic E-state index is 14.2. The maximum Gasteiger partial charge on any atom is 0.283 e. The van der Waals surface area contributed by atoms with Crippen LogP contribution in [0, 0.1) is 5.92 Å². The van der Waals surface area contributed by atoms with Crippen molar-refractivity contribution < 1.29 is 13.9 Å². The van der Waals surface area contributed by atoms with Gasteiger partial charge in [-0.05, 0) is 17.0 Å². The van der Waals surface area contributed by atoms with E-state index < -0.39 is 12.2 Å². The van der Waals surface area contributed by atoms with Crippen LogP contribution >= 0.6 is 0 Å². The fourth-order valence-corrected chi connectivity index (χ4v) is 3.42. The van der Waals surface area contributed by atoms with Gasteiger partial charge in [-0.2, -0.15) is 0 Å². The second kappa shape index (κ2) is 5.88. The zero-order valence-corrected chi connectivity index (χ0v) is 13.1. The molecule has 0 spiro atoms. The minimum Gasteiger partial charge on any atom is -0.462 e. The lowest BCUT2D eigenvalue weighted by molar-refractivity contribution is -0.0778. The third-order valence-corrected chi connectivity index (χ3v) is 4.75. The molecule has 2 aliphatic rings. The molecule has 2 aliphatic heterocycles. The first-order valence-corrected chi connectivity index (χ1v) is 7.83. The molecule has 1 saturated heterocycles. The first-order chi connectivity index (χ1) is 10.6. The van der Waals surface area contributed by atoms with E-state index in [2.05, 4.69) is 24.9 Å². The van der Waals surface area contributed by atoms with E-state index in [1.807, 2.05) is 18.2 Å². The fraction of sp³-hybridized carbons (Fsp3) is 0.588. The van der Waals surface area contributed by atoms with E-state index >= 15 is 0 Å². The van der Waals surface area contributed by atoms with Gasteiger partial charge >= 0.3 is 0 Å². The zero-order valence-electron chi connectivity index (χ0n) is 13.1. The zero-order chi connectivity index (χ0) is 15.7. The molecule has 2 N–H and O–H groups in total. The highest BCUT2D eigenvalue weighted by atomic mass is 19.1. The molecule has 0 aliphatic carbocycles. The molecular weight excluding hydrogens is 283 g/mol. The molecule has 0 aromatic heterocycles. The molecule has 22 heavy (non-hydrogen) atoms. The van der Waals surface area contributed by atoms with Crippen molar-refractivity contribution in [3.05, 3.63) is 35.4 Å². The van der Waals surface area contributed by atoms with Crippen molar-refractivity contribution in [3.63, 3.8) is 0 Å². The van der Waals surface area contributed by atoms with E-state index in [0.717, 1.165) is 5.56 Å². The minimum absolute atomic E-state index is 0.0794. The number of amidine groups is 1. The van der Waals surface area contributed by atoms with E-state index in [1.165, 1.54) is 5.56 Å². The summed E-state index contributed by atoms with van der Waals surface area (Å²) in [4.78, 5) is 4.40. The van der Waals surface area contributed by atoms with E-state index in [1.54, 1.807) is 0 Å². The van der Waals surface area contributed by atoms with Crippen LogP contribution in [-0.2, 0) is 15.0 Å². The van der Waals surface area contributed by atoms with Crippen LogP contribution in [0.1, 0.15) is 37.3 Å². The van der Waals surface area contributed by atoms with Gasteiger partial charge in [-0.1, -0.05) is 38.1 Å². The number of aliphatic imine (C=N–C) groups is 1. The summed E-state index contributed by atoms with van der Waals surface area (Å²) >= 11 is 0. The Hall–Kier alpha value is -1.62. The standard InChI is InChI=1S/C17H23FN2O2/c1-11(2)12-4-3-5-13(8-12)17(10-18)14-9-21-7-6-15(14)22-16(19)20-17/h3-5,8,11,14-15H,6-7,9-10H2,1-2H3,(H2,19,20)/t14-,15+,17+/m0/s1. The van der Waals surface area contributed by atoms with Crippen LogP contribution in [0.3, 0.4) is 0 Å². The Bertz CT molecular complexity index is 576. The summed E-state index contributed by atoms with van der Waals surface area (Å²) in [6.45, 7) is 4.69. The van der Waals surface area contributed by atoms with Crippen LogP contribution in [-0.4, -0.2) is 32.0 Å². The first kappa shape index (κ1) is 15.3. The highest BCUT2D eigenvalue weighted by molar-refractivity contribution is 5.73. The molecule has 1 aromatic carbocycles. The molecule has 3 rings (SSSR count). The number of ether oxygens (including phenoxy) is 2. The number of hydrogen-bond acceptors (Lipinski definition) is 4. The lowest BCUT2D eigenvalue weighted by atomic mass is 9.74. The first-order valence-electron chi connectivity index (χ1n) is 7.83. The number of fused-ring (bicyclic) bond motifs is 1. The molecule has 1 aromatic rings. The number of nitrogens with zero attached hydrogens (tertiary/aromatic N) is 1. The summed E-state index contributed by atoms with van der Waals surface area (Å²) in [6.07, 6.45) is 0.580. The van der Waals surface area contributed by atoms with Gasteiger partial charge in [0.25, 0.3) is 6.02 Å². The molecule has 0 saturated carbocycles. The maximum absolute atomic E-state index is 14.2. The van der Waals surface area contributed by atoms with Crippen molar-refractivity contribution in [3.8, 4) is 0 Å². The molecule has 0 radical (unpaired) electrons. The second-order valence-corrected chi connectivity index (χ2v) is 6.41. The summed E-state index contributed by atoms with van der Waals surface area (Å²) in [5, 5.41) is 0. The van der Waals surface area contributed by atoms with Crippen molar-refractivity contribution in [2.75, 3.05) is 19.9 Å². The van der Waals surface area contributed by atoms with Crippen molar-refractivity contribution in [2.24, 2.45) is 16.6 Å². The van der Waals surface area contributed by atoms with Gasteiger partial charge < -0.3 is 15.2 Å². The predicted molar refractivity (Wildman–Crippen MR) is 83.6 cm³/mol. The van der Waals surface area contributed by atoms with Gasteiger partial charge in [0, 0.05) is 6.42 Å². The molecule has 0 bridgehead atoms. The van der Waals surface area contributed by atoms with Gasteiger partial charge in [0.2, 0.25) is 0 Å².